The molecular weight excluding hydrogens is 375 g/mol. The van der Waals surface area contributed by atoms with Crippen molar-refractivity contribution >= 4 is 17.9 Å². The number of imidazole rings is 2. The number of rotatable bonds is 6. The molecule has 8 nitrogen and oxygen atoms in total. The number of hydrogen-bond donors (Lipinski definition) is 1. The highest BCUT2D eigenvalue weighted by Gasteiger charge is 2.20. The molecule has 0 radical (unpaired) electrons. The Hall–Kier alpha value is -3.76. The standard InChI is InChI=1S/C17H12F3N7O/c18-12(19)7-26-8-23-16(10-1-3-13(20)21-5-10)17(26)11-2-4-14-22-6-15(24-9-28)27(14)25-11/h1-6,8-9,12H,7H2,(H,24,28). The van der Waals surface area contributed by atoms with E-state index in [2.05, 4.69) is 25.4 Å². The smallest absolute Gasteiger partial charge is 0.256 e. The van der Waals surface area contributed by atoms with Crippen LogP contribution in [0.25, 0.3) is 28.3 Å². The first-order valence-corrected chi connectivity index (χ1v) is 8.07. The molecule has 0 fully saturated rings. The third kappa shape index (κ3) is 3.17. The summed E-state index contributed by atoms with van der Waals surface area (Å²) in [6.45, 7) is -0.597. The van der Waals surface area contributed by atoms with Gasteiger partial charge in [0.05, 0.1) is 30.5 Å². The average Bonchev–Trinajstić information content (AvgIpc) is 3.26. The maximum absolute atomic E-state index is 13.2. The number of carbonyl (C=O) groups is 1. The van der Waals surface area contributed by atoms with Crippen LogP contribution in [-0.4, -0.2) is 42.0 Å². The van der Waals surface area contributed by atoms with Crippen molar-refractivity contribution in [2.75, 3.05) is 5.32 Å². The van der Waals surface area contributed by atoms with E-state index in [1.165, 1.54) is 33.9 Å². The van der Waals surface area contributed by atoms with E-state index in [0.717, 1.165) is 6.07 Å². The Bertz CT molecular complexity index is 1140. The lowest BCUT2D eigenvalue weighted by molar-refractivity contribution is -0.105. The summed E-state index contributed by atoms with van der Waals surface area (Å²) in [5, 5.41) is 6.87. The third-order valence-corrected chi connectivity index (χ3v) is 3.99. The number of halogens is 3. The predicted molar refractivity (Wildman–Crippen MR) is 93.1 cm³/mol. The minimum absolute atomic E-state index is 0.307. The molecule has 11 heteroatoms. The van der Waals surface area contributed by atoms with Gasteiger partial charge in [-0.3, -0.25) is 4.79 Å². The van der Waals surface area contributed by atoms with Gasteiger partial charge in [0, 0.05) is 11.8 Å². The Morgan fingerprint density at radius 1 is 1.11 bits per heavy atom. The summed E-state index contributed by atoms with van der Waals surface area (Å²) in [5.74, 6) is -0.350. The van der Waals surface area contributed by atoms with Gasteiger partial charge in [-0.2, -0.15) is 14.0 Å². The molecule has 0 saturated carbocycles. The molecule has 4 heterocycles. The van der Waals surface area contributed by atoms with Crippen LogP contribution in [0.1, 0.15) is 0 Å². The minimum Gasteiger partial charge on any atom is -0.323 e. The summed E-state index contributed by atoms with van der Waals surface area (Å²) in [4.78, 5) is 22.7. The summed E-state index contributed by atoms with van der Waals surface area (Å²) < 4.78 is 41.9. The normalized spacial score (nSPS) is 11.3. The summed E-state index contributed by atoms with van der Waals surface area (Å²) >= 11 is 0. The number of pyridine rings is 1. The molecule has 0 spiro atoms. The molecule has 0 aromatic carbocycles. The van der Waals surface area contributed by atoms with Gasteiger partial charge < -0.3 is 9.88 Å². The summed E-state index contributed by atoms with van der Waals surface area (Å²) in [7, 11) is 0. The molecule has 4 rings (SSSR count). The van der Waals surface area contributed by atoms with Gasteiger partial charge in [-0.05, 0) is 24.3 Å². The van der Waals surface area contributed by atoms with Crippen molar-refractivity contribution in [2.24, 2.45) is 0 Å². The molecule has 0 aliphatic rings. The van der Waals surface area contributed by atoms with Crippen LogP contribution >= 0.6 is 0 Å². The van der Waals surface area contributed by atoms with Gasteiger partial charge in [0.2, 0.25) is 12.4 Å². The fourth-order valence-electron chi connectivity index (χ4n) is 2.82. The number of carbonyl (C=O) groups excluding carboxylic acids is 1. The van der Waals surface area contributed by atoms with Gasteiger partial charge in [0.15, 0.2) is 11.5 Å². The average molecular weight is 387 g/mol. The first-order valence-electron chi connectivity index (χ1n) is 8.07. The van der Waals surface area contributed by atoms with Gasteiger partial charge in [0.1, 0.15) is 5.69 Å². The zero-order chi connectivity index (χ0) is 19.7. The van der Waals surface area contributed by atoms with Crippen molar-refractivity contribution in [3.05, 3.63) is 48.9 Å². The number of nitrogens with zero attached hydrogens (tertiary/aromatic N) is 6. The lowest BCUT2D eigenvalue weighted by Gasteiger charge is -2.10. The second kappa shape index (κ2) is 7.10. The second-order valence-electron chi connectivity index (χ2n) is 5.75. The summed E-state index contributed by atoms with van der Waals surface area (Å²) in [6.07, 6.45) is 1.82. The Balaban J connectivity index is 1.90. The fourth-order valence-corrected chi connectivity index (χ4v) is 2.82. The van der Waals surface area contributed by atoms with Crippen molar-refractivity contribution < 1.29 is 18.0 Å². The molecule has 4 aromatic rings. The van der Waals surface area contributed by atoms with Crippen molar-refractivity contribution in [1.29, 1.82) is 0 Å². The van der Waals surface area contributed by atoms with Crippen molar-refractivity contribution in [2.45, 2.75) is 13.0 Å². The van der Waals surface area contributed by atoms with E-state index >= 15 is 0 Å². The number of hydrogen-bond acceptors (Lipinski definition) is 5. The van der Waals surface area contributed by atoms with E-state index in [1.54, 1.807) is 12.1 Å². The van der Waals surface area contributed by atoms with Crippen molar-refractivity contribution in [1.82, 2.24) is 29.1 Å². The molecule has 0 aliphatic heterocycles. The lowest BCUT2D eigenvalue weighted by Crippen LogP contribution is -2.09. The molecule has 0 bridgehead atoms. The molecule has 28 heavy (non-hydrogen) atoms. The number of aromatic nitrogens is 6. The van der Waals surface area contributed by atoms with E-state index in [-0.39, 0.29) is 0 Å². The molecule has 142 valence electrons. The van der Waals surface area contributed by atoms with Crippen LogP contribution in [-0.2, 0) is 11.3 Å². The molecular formula is C17H12F3N7O. The van der Waals surface area contributed by atoms with Gasteiger partial charge in [-0.1, -0.05) is 0 Å². The van der Waals surface area contributed by atoms with Gasteiger partial charge >= 0.3 is 0 Å². The van der Waals surface area contributed by atoms with Crippen molar-refractivity contribution in [3.63, 3.8) is 0 Å². The number of nitrogens with one attached hydrogen (secondary N) is 1. The van der Waals surface area contributed by atoms with Gasteiger partial charge in [0.25, 0.3) is 6.43 Å². The summed E-state index contributed by atoms with van der Waals surface area (Å²) in [5.41, 5.74) is 1.85. The first-order chi connectivity index (χ1) is 13.6. The monoisotopic (exact) mass is 387 g/mol. The Morgan fingerprint density at radius 2 is 1.96 bits per heavy atom. The van der Waals surface area contributed by atoms with E-state index in [0.29, 0.717) is 40.5 Å². The lowest BCUT2D eigenvalue weighted by atomic mass is 10.1. The van der Waals surface area contributed by atoms with Gasteiger partial charge in [-0.25, -0.2) is 23.7 Å². The fraction of sp³-hybridized carbons (Fsp3) is 0.118. The first kappa shape index (κ1) is 17.6. The second-order valence-corrected chi connectivity index (χ2v) is 5.75. The number of alkyl halides is 2. The molecule has 4 aromatic heterocycles. The molecule has 1 N–H and O–H groups in total. The molecule has 0 atom stereocenters. The zero-order valence-corrected chi connectivity index (χ0v) is 14.1. The van der Waals surface area contributed by atoms with Crippen LogP contribution in [0.3, 0.4) is 0 Å². The number of anilines is 1. The van der Waals surface area contributed by atoms with E-state index in [9.17, 15) is 18.0 Å². The highest BCUT2D eigenvalue weighted by atomic mass is 19.3. The minimum atomic E-state index is -2.61. The topological polar surface area (TPSA) is 90.0 Å². The highest BCUT2D eigenvalue weighted by molar-refractivity contribution is 5.77. The van der Waals surface area contributed by atoms with Crippen LogP contribution in [0.15, 0.2) is 43.0 Å². The predicted octanol–water partition coefficient (Wildman–Crippen LogP) is 2.63. The number of fused-ring (bicyclic) bond motifs is 1. The Kier molecular flexibility index (Phi) is 4.47. The largest absolute Gasteiger partial charge is 0.323 e. The van der Waals surface area contributed by atoms with Crippen LogP contribution in [0.2, 0.25) is 0 Å². The number of amides is 1. The van der Waals surface area contributed by atoms with Gasteiger partial charge in [-0.15, -0.1) is 0 Å². The molecule has 0 aliphatic carbocycles. The van der Waals surface area contributed by atoms with Crippen LogP contribution in [0.5, 0.6) is 0 Å². The van der Waals surface area contributed by atoms with Crippen LogP contribution < -0.4 is 5.32 Å². The molecule has 1 amide bonds. The quantitative estimate of drug-likeness (QED) is 0.406. The Labute approximate surface area is 155 Å². The van der Waals surface area contributed by atoms with Crippen molar-refractivity contribution in [3.8, 4) is 22.6 Å². The maximum Gasteiger partial charge on any atom is 0.256 e. The molecule has 0 unspecified atom stereocenters. The van der Waals surface area contributed by atoms with E-state index in [1.807, 2.05) is 0 Å². The molecule has 0 saturated heterocycles. The van der Waals surface area contributed by atoms with Crippen LogP contribution in [0.4, 0.5) is 19.0 Å². The zero-order valence-electron chi connectivity index (χ0n) is 14.1. The van der Waals surface area contributed by atoms with Crippen LogP contribution in [0, 0.1) is 5.95 Å². The SMILES string of the molecule is O=CNc1cnc2ccc(-c3c(-c4ccc(F)nc4)ncn3CC(F)F)nn12. The third-order valence-electron chi connectivity index (χ3n) is 3.99. The summed E-state index contributed by atoms with van der Waals surface area (Å²) in [6, 6.07) is 5.84. The maximum atomic E-state index is 13.2. The van der Waals surface area contributed by atoms with E-state index < -0.39 is 18.9 Å². The van der Waals surface area contributed by atoms with E-state index in [4.69, 9.17) is 0 Å². The highest BCUT2D eigenvalue weighted by Crippen LogP contribution is 2.30. The Morgan fingerprint density at radius 3 is 2.68 bits per heavy atom.